The van der Waals surface area contributed by atoms with Crippen LogP contribution in [0, 0.1) is 55.9 Å². The molecule has 0 radical (unpaired) electrons. The molecule has 8 aromatic carbocycles. The molecule has 0 saturated heterocycles. The number of sulfonamides is 2. The smallest absolute Gasteiger partial charge is 0.419 e. The van der Waals surface area contributed by atoms with Gasteiger partial charge in [-0.3, -0.25) is 67.7 Å². The van der Waals surface area contributed by atoms with Gasteiger partial charge in [-0.15, -0.1) is 6.58 Å². The molecule has 37 heteroatoms. The Hall–Kier alpha value is -14.7. The fraction of sp³-hybridized carbons (Fsp3) is 0.380. The lowest BCUT2D eigenvalue weighted by Gasteiger charge is -2.24. The lowest BCUT2D eigenvalue weighted by atomic mass is 9.88. The van der Waals surface area contributed by atoms with Crippen LogP contribution in [0.3, 0.4) is 0 Å². The monoisotopic (exact) mass is 2020 g/mol. The second-order valence-corrected chi connectivity index (χ2v) is 40.8. The zero-order chi connectivity index (χ0) is 106. The number of carbonyl (C=O) groups excluding carboxylic acids is 11. The molecule has 0 unspecified atom stereocenters. The van der Waals surface area contributed by atoms with Crippen molar-refractivity contribution in [3.05, 3.63) is 285 Å². The standard InChI is InChI=1S/C58H64N6O12S.C46H58N6O10S.C4H6O/c1-37(61-56(69)75-36-47-45-25-11-9-23-43(45)44-24-10-12-26-46(44)47)51(65)34-40(32-41-35-63(57(70)76-58(2,3)4)49-27-14-13-22-42(41)49)55(68)62-48(31-38-19-7-6-8-20-38)52(66)33-39(54(67)59-5)21-17-18-30-60-77(73,74)53-29-16-15-28-50(53)64(71)72;1-7-24-50(63(60,61)42-23-14-13-22-39(42)52(58)59)25-16-15-19-33(43(55)48-6)28-41(54)37(26-32-17-9-8-10-18-32)49-44(56)34(29-40(53)31(2)47)27-35-30-51(45(57)62-46(3,4)5)38-21-12-11-20-36(35)38;1-3-4-5-2/h6-16,19-20,22-29,35,37,39-40,47-48,60H,17-18,21,30-34,36H2,1-5H3,(H,59,67)(H,61,69)(H,62,68);7-14,17-18,20-23,30-31,33-34,37H,1,15-16,19,24-29,47H2,2-6H3,(H,48,55)(H,49,56);1-2H3/t37-,39+,40+,48+;31-,33+,34+,37+;/m00./s1. The van der Waals surface area contributed by atoms with Gasteiger partial charge in [0.05, 0.1) is 52.2 Å². The summed E-state index contributed by atoms with van der Waals surface area (Å²) in [6, 6.07) is 53.7. The predicted octanol–water partition coefficient (Wildman–Crippen LogP) is 15.1. The van der Waals surface area contributed by atoms with Crippen molar-refractivity contribution in [1.82, 2.24) is 44.7 Å². The summed E-state index contributed by atoms with van der Waals surface area (Å²) in [6.07, 6.45) is 4.99. The van der Waals surface area contributed by atoms with Gasteiger partial charge < -0.3 is 51.3 Å². The molecular weight excluding hydrogens is 1900 g/mol. The minimum absolute atomic E-state index is 0.00982. The van der Waals surface area contributed by atoms with Crippen LogP contribution in [0.1, 0.15) is 166 Å². The van der Waals surface area contributed by atoms with Crippen LogP contribution in [-0.4, -0.2) is 188 Å². The highest BCUT2D eigenvalue weighted by molar-refractivity contribution is 7.89. The minimum atomic E-state index is -4.30. The summed E-state index contributed by atoms with van der Waals surface area (Å²) < 4.78 is 80.7. The number of methoxy groups -OCH3 is 1. The highest BCUT2D eigenvalue weighted by Gasteiger charge is 2.39. The van der Waals surface area contributed by atoms with Gasteiger partial charge in [0.25, 0.3) is 11.4 Å². The quantitative estimate of drug-likeness (QED) is 0.00465. The first-order valence-electron chi connectivity index (χ1n) is 47.7. The zero-order valence-corrected chi connectivity index (χ0v) is 85.1. The van der Waals surface area contributed by atoms with Crippen molar-refractivity contribution in [3.8, 4) is 23.2 Å². The fourth-order valence-electron chi connectivity index (χ4n) is 17.0. The summed E-state index contributed by atoms with van der Waals surface area (Å²) in [4.78, 5) is 173. The van der Waals surface area contributed by atoms with Gasteiger partial charge in [0.1, 0.15) is 29.7 Å². The molecule has 10 aromatic rings. The Labute approximate surface area is 844 Å². The normalized spacial score (nSPS) is 13.4. The Balaban J connectivity index is 0.000000314. The van der Waals surface area contributed by atoms with E-state index in [0.717, 1.165) is 50.3 Å². The van der Waals surface area contributed by atoms with E-state index in [1.165, 1.54) is 80.6 Å². The lowest BCUT2D eigenvalue weighted by molar-refractivity contribution is -0.388. The number of aromatic nitrogens is 2. The van der Waals surface area contributed by atoms with Crippen molar-refractivity contribution in [3.63, 3.8) is 0 Å². The van der Waals surface area contributed by atoms with Crippen LogP contribution in [0.2, 0.25) is 0 Å². The average molecular weight is 2030 g/mol. The molecule has 0 spiro atoms. The Bertz CT molecular complexity index is 6550. The molecule has 0 fully saturated rings. The molecule has 0 bridgehead atoms. The summed E-state index contributed by atoms with van der Waals surface area (Å²) in [5, 5.41) is 38.1. The number of para-hydroxylation sites is 4. The van der Waals surface area contributed by atoms with Crippen molar-refractivity contribution < 1.29 is 98.4 Å². The van der Waals surface area contributed by atoms with E-state index in [1.54, 1.807) is 164 Å². The molecule has 1 aliphatic rings. The molecular formula is C108H128N12O23S2. The second-order valence-electron chi connectivity index (χ2n) is 37.2. The second kappa shape index (κ2) is 53.6. The summed E-state index contributed by atoms with van der Waals surface area (Å²) in [6.45, 7) is 18.6. The molecule has 8 atom stereocenters. The predicted molar refractivity (Wildman–Crippen MR) is 549 cm³/mol. The van der Waals surface area contributed by atoms with Crippen LogP contribution in [0.5, 0.6) is 0 Å². The number of benzene rings is 8. The largest absolute Gasteiger partial charge is 0.450 e. The van der Waals surface area contributed by atoms with Crippen LogP contribution in [0.15, 0.2) is 241 Å². The topological polar surface area (TPSA) is 491 Å². The molecule has 8 N–H and O–H groups in total. The number of nitrogens with one attached hydrogen (secondary N) is 6. The number of unbranched alkanes of at least 4 members (excludes halogenated alkanes) is 2. The molecule has 1 aliphatic carbocycles. The third-order valence-corrected chi connectivity index (χ3v) is 27.6. The van der Waals surface area contributed by atoms with Gasteiger partial charge in [0.2, 0.25) is 43.7 Å². The summed E-state index contributed by atoms with van der Waals surface area (Å²) >= 11 is 0. The lowest BCUT2D eigenvalue weighted by Crippen LogP contribution is -2.48. The van der Waals surface area contributed by atoms with Gasteiger partial charge in [0.15, 0.2) is 27.1 Å². The molecule has 0 saturated carbocycles. The number of ketones is 4. The van der Waals surface area contributed by atoms with Crippen LogP contribution in [-0.2, 0) is 103 Å². The van der Waals surface area contributed by atoms with Gasteiger partial charge in [-0.05, 0) is 176 Å². The van der Waals surface area contributed by atoms with E-state index in [4.69, 9.17) is 19.9 Å². The number of alkyl carbamates (subject to hydrolysis) is 1. The number of hydrogen-bond acceptors (Lipinski definition) is 24. The number of fused-ring (bicyclic) bond motifs is 5. The Kier molecular flexibility index (Phi) is 42.1. The third-order valence-electron chi connectivity index (χ3n) is 24.2. The number of Topliss-reactive ketones (excluding diaryl/α,β-unsaturated/α-hetero) is 4. The van der Waals surface area contributed by atoms with E-state index < -0.39 is 176 Å². The number of nitro groups is 2. The van der Waals surface area contributed by atoms with E-state index in [0.29, 0.717) is 44.9 Å². The third kappa shape index (κ3) is 32.7. The molecule has 11 rings (SSSR count). The van der Waals surface area contributed by atoms with Crippen molar-refractivity contribution in [1.29, 1.82) is 0 Å². The highest BCUT2D eigenvalue weighted by atomic mass is 32.2. The number of ether oxygens (including phenoxy) is 4. The Morgan fingerprint density at radius 1 is 0.510 bits per heavy atom. The maximum atomic E-state index is 14.9. The highest BCUT2D eigenvalue weighted by Crippen LogP contribution is 2.45. The van der Waals surface area contributed by atoms with Crippen LogP contribution >= 0.6 is 0 Å². The van der Waals surface area contributed by atoms with Crippen molar-refractivity contribution >= 4 is 118 Å². The molecule has 2 aromatic heterocycles. The molecule has 0 aliphatic heterocycles. The summed E-state index contributed by atoms with van der Waals surface area (Å²) in [7, 11) is -4.14. The SMILES string of the molecule is C=CCN(CCCC[C@H](CC(=O)[C@@H](Cc1ccccc1)NC(=O)[C@@H](CC(=O)[C@H](C)N)Cc1cn(C(=O)OC(C)(C)C)c2ccccc12)C(=O)NC)S(=O)(=O)c1ccccc1[N+](=O)[O-].CC#COC.CNC(=O)[C@H](CCCCNS(=O)(=O)c1ccccc1[N+](=O)[O-])CC(=O)[C@@H](Cc1ccccc1)NC(=O)[C@@H](CC(=O)[C@H](C)NC(=O)OCC1c2ccccc2-c2ccccc21)Cc1cn(C(=O)OC(C)(C)C)c2ccccc12. The number of nitrogens with zero attached hydrogens (tertiary/aromatic N) is 5. The number of hydrogen-bond donors (Lipinski definition) is 7. The molecule has 145 heavy (non-hydrogen) atoms. The summed E-state index contributed by atoms with van der Waals surface area (Å²) in [5.74, 6) is -5.54. The first-order valence-corrected chi connectivity index (χ1v) is 50.6. The number of carbonyl (C=O) groups is 11. The maximum Gasteiger partial charge on any atom is 0.419 e. The molecule has 5 amide bonds. The van der Waals surface area contributed by atoms with Crippen molar-refractivity contribution in [2.45, 2.75) is 203 Å². The Morgan fingerprint density at radius 2 is 0.917 bits per heavy atom. The van der Waals surface area contributed by atoms with Gasteiger partial charge in [0, 0.05) is 131 Å². The van der Waals surface area contributed by atoms with Gasteiger partial charge >= 0.3 is 18.3 Å². The number of nitro benzene ring substituents is 2. The number of rotatable bonds is 47. The molecule has 35 nitrogen and oxygen atoms in total. The zero-order valence-electron chi connectivity index (χ0n) is 83.5. The molecule has 770 valence electrons. The number of nitrogens with two attached hydrogens (primary N) is 1. The molecule has 2 heterocycles. The van der Waals surface area contributed by atoms with E-state index in [-0.39, 0.29) is 115 Å². The van der Waals surface area contributed by atoms with Gasteiger partial charge in [-0.1, -0.05) is 195 Å². The average Bonchev–Trinajstić information content (AvgIpc) is 1.56. The van der Waals surface area contributed by atoms with E-state index in [2.05, 4.69) is 54.6 Å². The van der Waals surface area contributed by atoms with Crippen LogP contribution in [0.4, 0.5) is 25.8 Å². The minimum Gasteiger partial charge on any atom is -0.450 e. The van der Waals surface area contributed by atoms with Crippen LogP contribution in [0.25, 0.3) is 32.9 Å². The van der Waals surface area contributed by atoms with E-state index in [1.807, 2.05) is 54.6 Å². The van der Waals surface area contributed by atoms with Crippen LogP contribution < -0.4 is 37.0 Å². The number of amides is 5. The van der Waals surface area contributed by atoms with Gasteiger partial charge in [-0.25, -0.2) is 35.9 Å². The van der Waals surface area contributed by atoms with Gasteiger partial charge in [-0.2, -0.15) is 4.31 Å². The van der Waals surface area contributed by atoms with Crippen molar-refractivity contribution in [2.75, 3.05) is 47.4 Å². The maximum absolute atomic E-state index is 14.9. The van der Waals surface area contributed by atoms with E-state index >= 15 is 0 Å². The fourth-order valence-corrected chi connectivity index (χ4v) is 19.8. The first-order chi connectivity index (χ1) is 68.9. The summed E-state index contributed by atoms with van der Waals surface area (Å²) in [5.41, 5.74) is 11.0. The first kappa shape index (κ1) is 114. The van der Waals surface area contributed by atoms with E-state index in [9.17, 15) is 89.8 Å². The Morgan fingerprint density at radius 3 is 1.34 bits per heavy atom. The van der Waals surface area contributed by atoms with Crippen molar-refractivity contribution in [2.24, 2.45) is 29.4 Å².